The molecule has 0 aliphatic rings. The van der Waals surface area contributed by atoms with Gasteiger partial charge in [0.15, 0.2) is 0 Å². The van der Waals surface area contributed by atoms with Crippen molar-refractivity contribution < 1.29 is 14.4 Å². The first-order valence-corrected chi connectivity index (χ1v) is 8.74. The lowest BCUT2D eigenvalue weighted by Crippen LogP contribution is -2.48. The highest BCUT2D eigenvalue weighted by Gasteiger charge is 2.22. The summed E-state index contributed by atoms with van der Waals surface area (Å²) in [5, 5.41) is 5.10. The lowest BCUT2D eigenvalue weighted by Gasteiger charge is -2.18. The molecule has 22 heavy (non-hydrogen) atoms. The number of nitrogens with two attached hydrogens (primary N) is 1. The average Bonchev–Trinajstić information content (AvgIpc) is 2.49. The Labute approximate surface area is 141 Å². The number of hydrogen-bond donors (Lipinski definition) is 3. The van der Waals surface area contributed by atoms with Crippen molar-refractivity contribution in [1.82, 2.24) is 10.6 Å². The molecule has 0 aliphatic carbocycles. The zero-order chi connectivity index (χ0) is 16.5. The van der Waals surface area contributed by atoms with Gasteiger partial charge in [-0.2, -0.15) is 11.8 Å². The van der Waals surface area contributed by atoms with E-state index < -0.39 is 17.9 Å². The predicted octanol–water partition coefficient (Wildman–Crippen LogP) is 0.902. The van der Waals surface area contributed by atoms with Crippen LogP contribution in [-0.2, 0) is 9.59 Å². The van der Waals surface area contributed by atoms with Crippen LogP contribution < -0.4 is 16.4 Å². The van der Waals surface area contributed by atoms with E-state index in [2.05, 4.69) is 26.6 Å². The molecule has 1 rings (SSSR count). The summed E-state index contributed by atoms with van der Waals surface area (Å²) in [4.78, 5) is 35.1. The topological polar surface area (TPSA) is 101 Å². The number of carbonyl (C=O) groups excluding carboxylic acids is 3. The van der Waals surface area contributed by atoms with Crippen LogP contribution in [0.25, 0.3) is 0 Å². The van der Waals surface area contributed by atoms with Crippen LogP contribution in [0.1, 0.15) is 16.8 Å². The van der Waals surface area contributed by atoms with Crippen LogP contribution in [0.2, 0.25) is 0 Å². The normalized spacial score (nSPS) is 11.5. The van der Waals surface area contributed by atoms with Gasteiger partial charge >= 0.3 is 0 Å². The van der Waals surface area contributed by atoms with Crippen LogP contribution in [0.15, 0.2) is 28.7 Å². The van der Waals surface area contributed by atoms with Gasteiger partial charge in [0.05, 0.1) is 12.1 Å². The van der Waals surface area contributed by atoms with Crippen molar-refractivity contribution in [2.75, 3.05) is 18.6 Å². The van der Waals surface area contributed by atoms with Crippen LogP contribution in [0.3, 0.4) is 0 Å². The molecule has 3 amide bonds. The first-order chi connectivity index (χ1) is 10.5. The van der Waals surface area contributed by atoms with Crippen molar-refractivity contribution in [2.24, 2.45) is 5.73 Å². The Morgan fingerprint density at radius 2 is 2.00 bits per heavy atom. The molecule has 8 heteroatoms. The molecule has 4 N–H and O–H groups in total. The van der Waals surface area contributed by atoms with Crippen molar-refractivity contribution in [3.05, 3.63) is 34.3 Å². The van der Waals surface area contributed by atoms with Gasteiger partial charge in [-0.1, -0.05) is 12.1 Å². The van der Waals surface area contributed by atoms with E-state index in [1.807, 2.05) is 6.26 Å². The van der Waals surface area contributed by atoms with E-state index in [-0.39, 0.29) is 12.5 Å². The van der Waals surface area contributed by atoms with Crippen molar-refractivity contribution in [2.45, 2.75) is 12.5 Å². The first-order valence-electron chi connectivity index (χ1n) is 6.56. The van der Waals surface area contributed by atoms with Crippen molar-refractivity contribution in [3.8, 4) is 0 Å². The third-order valence-electron chi connectivity index (χ3n) is 2.79. The van der Waals surface area contributed by atoms with Crippen LogP contribution >= 0.6 is 27.7 Å². The zero-order valence-electron chi connectivity index (χ0n) is 12.1. The van der Waals surface area contributed by atoms with Gasteiger partial charge in [-0.05, 0) is 46.5 Å². The van der Waals surface area contributed by atoms with Gasteiger partial charge in [-0.15, -0.1) is 0 Å². The summed E-state index contributed by atoms with van der Waals surface area (Å²) in [6, 6.07) is 6.23. The second-order valence-electron chi connectivity index (χ2n) is 4.47. The molecule has 0 radical (unpaired) electrons. The molecule has 0 saturated carbocycles. The monoisotopic (exact) mass is 387 g/mol. The Balaban J connectivity index is 2.75. The average molecular weight is 388 g/mol. The Bertz CT molecular complexity index is 554. The number of rotatable bonds is 8. The van der Waals surface area contributed by atoms with E-state index in [9.17, 15) is 14.4 Å². The fourth-order valence-corrected chi connectivity index (χ4v) is 2.62. The maximum Gasteiger partial charge on any atom is 0.253 e. The maximum absolute atomic E-state index is 12.3. The largest absolute Gasteiger partial charge is 0.368 e. The fourth-order valence-electron chi connectivity index (χ4n) is 1.68. The quantitative estimate of drug-likeness (QED) is 0.616. The van der Waals surface area contributed by atoms with E-state index in [0.717, 1.165) is 0 Å². The predicted molar refractivity (Wildman–Crippen MR) is 90.6 cm³/mol. The van der Waals surface area contributed by atoms with Gasteiger partial charge in [0.25, 0.3) is 5.91 Å². The number of halogens is 1. The molecule has 120 valence electrons. The lowest BCUT2D eigenvalue weighted by atomic mass is 10.1. The van der Waals surface area contributed by atoms with Gasteiger partial charge < -0.3 is 16.4 Å². The molecule has 0 spiro atoms. The summed E-state index contributed by atoms with van der Waals surface area (Å²) in [7, 11) is 0. The number of hydrogen-bond acceptors (Lipinski definition) is 4. The molecule has 6 nitrogen and oxygen atoms in total. The van der Waals surface area contributed by atoms with Gasteiger partial charge in [-0.3, -0.25) is 14.4 Å². The van der Waals surface area contributed by atoms with Gasteiger partial charge in [0.2, 0.25) is 11.8 Å². The first kappa shape index (κ1) is 18.5. The third-order valence-corrected chi connectivity index (χ3v) is 4.12. The number of nitrogens with one attached hydrogen (secondary N) is 2. The molecular weight excluding hydrogens is 370 g/mol. The molecule has 1 aromatic rings. The standard InChI is InChI=1S/C14H18BrN3O3S/c1-22-7-6-11(14(21)17-8-12(16)19)18-13(20)9-4-2-3-5-10(9)15/h2-5,11H,6-8H2,1H3,(H2,16,19)(H,17,21)(H,18,20)/t11-/m0/s1. The Hall–Kier alpha value is -1.54. The van der Waals surface area contributed by atoms with Gasteiger partial charge in [0.1, 0.15) is 6.04 Å². The molecule has 0 saturated heterocycles. The molecule has 0 bridgehead atoms. The number of thioether (sulfide) groups is 1. The van der Waals surface area contributed by atoms with Gasteiger partial charge in [0, 0.05) is 4.47 Å². The Morgan fingerprint density at radius 3 is 2.59 bits per heavy atom. The van der Waals surface area contributed by atoms with Crippen LogP contribution in [-0.4, -0.2) is 42.3 Å². The second-order valence-corrected chi connectivity index (χ2v) is 6.31. The molecule has 1 aromatic carbocycles. The molecule has 0 aliphatic heterocycles. The highest BCUT2D eigenvalue weighted by molar-refractivity contribution is 9.10. The van der Waals surface area contributed by atoms with Crippen LogP contribution in [0.5, 0.6) is 0 Å². The number of amides is 3. The molecular formula is C14H18BrN3O3S. The van der Waals surface area contributed by atoms with E-state index >= 15 is 0 Å². The maximum atomic E-state index is 12.3. The molecule has 0 unspecified atom stereocenters. The summed E-state index contributed by atoms with van der Waals surface area (Å²) in [6.07, 6.45) is 2.37. The van der Waals surface area contributed by atoms with Crippen molar-refractivity contribution in [3.63, 3.8) is 0 Å². The summed E-state index contributed by atoms with van der Waals surface area (Å²) in [6.45, 7) is -0.250. The highest BCUT2D eigenvalue weighted by atomic mass is 79.9. The number of benzene rings is 1. The Kier molecular flexibility index (Phi) is 7.97. The molecule has 0 heterocycles. The summed E-state index contributed by atoms with van der Waals surface area (Å²) >= 11 is 4.87. The van der Waals surface area contributed by atoms with E-state index in [0.29, 0.717) is 22.2 Å². The van der Waals surface area contributed by atoms with E-state index in [1.165, 1.54) is 0 Å². The molecule has 1 atom stereocenters. The SMILES string of the molecule is CSCC[C@H](NC(=O)c1ccccc1Br)C(=O)NCC(N)=O. The number of carbonyl (C=O) groups is 3. The minimum Gasteiger partial charge on any atom is -0.368 e. The van der Waals surface area contributed by atoms with Crippen molar-refractivity contribution >= 4 is 45.4 Å². The molecule has 0 aromatic heterocycles. The van der Waals surface area contributed by atoms with Gasteiger partial charge in [-0.25, -0.2) is 0 Å². The lowest BCUT2D eigenvalue weighted by molar-refractivity contribution is -0.126. The summed E-state index contributed by atoms with van der Waals surface area (Å²) in [5.74, 6) is -0.708. The van der Waals surface area contributed by atoms with E-state index in [1.54, 1.807) is 36.0 Å². The zero-order valence-corrected chi connectivity index (χ0v) is 14.5. The van der Waals surface area contributed by atoms with Crippen LogP contribution in [0.4, 0.5) is 0 Å². The minimum atomic E-state index is -0.716. The number of primary amides is 1. The minimum absolute atomic E-state index is 0.250. The van der Waals surface area contributed by atoms with Crippen LogP contribution in [0, 0.1) is 0 Å². The summed E-state index contributed by atoms with van der Waals surface area (Å²) in [5.41, 5.74) is 5.45. The van der Waals surface area contributed by atoms with Crippen molar-refractivity contribution in [1.29, 1.82) is 0 Å². The summed E-state index contributed by atoms with van der Waals surface area (Å²) < 4.78 is 0.647. The smallest absolute Gasteiger partial charge is 0.253 e. The Morgan fingerprint density at radius 1 is 1.32 bits per heavy atom. The molecule has 0 fully saturated rings. The third kappa shape index (κ3) is 6.07. The highest BCUT2D eigenvalue weighted by Crippen LogP contribution is 2.16. The second kappa shape index (κ2) is 9.47. The fraction of sp³-hybridized carbons (Fsp3) is 0.357. The van der Waals surface area contributed by atoms with E-state index in [4.69, 9.17) is 5.73 Å².